The zero-order valence-electron chi connectivity index (χ0n) is 9.46. The van der Waals surface area contributed by atoms with Crippen molar-refractivity contribution in [3.63, 3.8) is 0 Å². The zero-order chi connectivity index (χ0) is 11.4. The lowest BCUT2D eigenvalue weighted by Crippen LogP contribution is -2.34. The van der Waals surface area contributed by atoms with Gasteiger partial charge in [0.1, 0.15) is 0 Å². The summed E-state index contributed by atoms with van der Waals surface area (Å²) >= 11 is 1.25. The Labute approximate surface area is 94.7 Å². The molecular weight excluding hydrogens is 208 g/mol. The molecule has 2 saturated carbocycles. The van der Waals surface area contributed by atoms with E-state index in [0.29, 0.717) is 11.7 Å². The Kier molecular flexibility index (Phi) is 2.20. The smallest absolute Gasteiger partial charge is 0.152 e. The number of carbonyl (C=O) groups excluding carboxylic acids is 1. The van der Waals surface area contributed by atoms with Crippen LogP contribution in [0.15, 0.2) is 0 Å². The van der Waals surface area contributed by atoms with Crippen molar-refractivity contribution in [1.29, 1.82) is 5.41 Å². The third-order valence-corrected chi connectivity index (χ3v) is 5.78. The van der Waals surface area contributed by atoms with Crippen LogP contribution in [0.2, 0.25) is 0 Å². The van der Waals surface area contributed by atoms with E-state index in [1.54, 1.807) is 0 Å². The Morgan fingerprint density at radius 3 is 2.53 bits per heavy atom. The highest BCUT2D eigenvalue weighted by atomic mass is 32.2. The van der Waals surface area contributed by atoms with Gasteiger partial charge in [-0.15, -0.1) is 0 Å². The van der Waals surface area contributed by atoms with Crippen molar-refractivity contribution < 1.29 is 4.79 Å². The van der Waals surface area contributed by atoms with Gasteiger partial charge in [-0.25, -0.2) is 0 Å². The van der Waals surface area contributed by atoms with E-state index in [9.17, 15) is 4.79 Å². The Morgan fingerprint density at radius 2 is 2.13 bits per heavy atom. The molecule has 0 heterocycles. The molecule has 15 heavy (non-hydrogen) atoms. The number of fused-ring (bicyclic) bond motifs is 2. The van der Waals surface area contributed by atoms with Crippen LogP contribution in [0.5, 0.6) is 0 Å². The molecule has 0 aliphatic heterocycles. The molecule has 0 aromatic rings. The van der Waals surface area contributed by atoms with Gasteiger partial charge < -0.3 is 5.73 Å². The molecule has 2 fully saturated rings. The topological polar surface area (TPSA) is 66.9 Å². The molecule has 84 valence electrons. The number of thioether (sulfide) groups is 1. The molecular formula is C11H18N2OS. The second-order valence-electron chi connectivity index (χ2n) is 5.47. The molecule has 3 nitrogen and oxygen atoms in total. The summed E-state index contributed by atoms with van der Waals surface area (Å²) < 4.78 is 0. The fourth-order valence-corrected chi connectivity index (χ4v) is 4.56. The van der Waals surface area contributed by atoms with Crippen LogP contribution in [-0.2, 0) is 4.79 Å². The monoisotopic (exact) mass is 226 g/mol. The minimum Gasteiger partial charge on any atom is -0.379 e. The van der Waals surface area contributed by atoms with E-state index < -0.39 is 0 Å². The second-order valence-corrected chi connectivity index (χ2v) is 6.65. The van der Waals surface area contributed by atoms with Crippen molar-refractivity contribution in [1.82, 2.24) is 0 Å². The summed E-state index contributed by atoms with van der Waals surface area (Å²) in [6.07, 6.45) is 2.10. The minimum absolute atomic E-state index is 0.0667. The molecule has 2 aliphatic carbocycles. The summed E-state index contributed by atoms with van der Waals surface area (Å²) in [6.45, 7) is 6.45. The van der Waals surface area contributed by atoms with Crippen molar-refractivity contribution in [3.8, 4) is 0 Å². The number of amidine groups is 1. The van der Waals surface area contributed by atoms with Gasteiger partial charge in [0.25, 0.3) is 0 Å². The highest BCUT2D eigenvalue weighted by molar-refractivity contribution is 8.14. The maximum atomic E-state index is 12.3. The highest BCUT2D eigenvalue weighted by Crippen LogP contribution is 2.65. The lowest BCUT2D eigenvalue weighted by atomic mass is 9.70. The Hall–Kier alpha value is -0.510. The molecule has 2 bridgehead atoms. The molecule has 4 heteroatoms. The maximum absolute atomic E-state index is 12.3. The van der Waals surface area contributed by atoms with Crippen molar-refractivity contribution in [2.75, 3.05) is 0 Å². The number of hydrogen-bond donors (Lipinski definition) is 2. The fraction of sp³-hybridized carbons (Fsp3) is 0.818. The van der Waals surface area contributed by atoms with E-state index in [-0.39, 0.29) is 21.2 Å². The van der Waals surface area contributed by atoms with Crippen LogP contribution in [0.1, 0.15) is 33.6 Å². The van der Waals surface area contributed by atoms with Crippen molar-refractivity contribution in [2.24, 2.45) is 22.5 Å². The molecule has 3 N–H and O–H groups in total. The van der Waals surface area contributed by atoms with Crippen LogP contribution in [0, 0.1) is 22.2 Å². The predicted octanol–water partition coefficient (Wildman–Crippen LogP) is 2.01. The van der Waals surface area contributed by atoms with Crippen LogP contribution < -0.4 is 5.73 Å². The van der Waals surface area contributed by atoms with Crippen molar-refractivity contribution >= 4 is 22.7 Å². The van der Waals surface area contributed by atoms with Crippen LogP contribution in [0.4, 0.5) is 0 Å². The number of rotatable bonds is 1. The SMILES string of the molecule is CC12CCC(C(SC(=N)N)C1=O)C2(C)C. The third-order valence-electron chi connectivity index (χ3n) is 4.73. The molecule has 0 amide bonds. The quantitative estimate of drug-likeness (QED) is 0.531. The number of ketones is 1. The summed E-state index contributed by atoms with van der Waals surface area (Å²) in [4.78, 5) is 12.3. The second kappa shape index (κ2) is 3.00. The predicted molar refractivity (Wildman–Crippen MR) is 62.9 cm³/mol. The van der Waals surface area contributed by atoms with Gasteiger partial charge >= 0.3 is 0 Å². The average molecular weight is 226 g/mol. The minimum atomic E-state index is -0.190. The molecule has 0 saturated heterocycles. The van der Waals surface area contributed by atoms with Crippen molar-refractivity contribution in [2.45, 2.75) is 38.9 Å². The zero-order valence-corrected chi connectivity index (χ0v) is 10.3. The lowest BCUT2D eigenvalue weighted by Gasteiger charge is -2.32. The maximum Gasteiger partial charge on any atom is 0.152 e. The number of nitrogens with two attached hydrogens (primary N) is 1. The average Bonchev–Trinajstić information content (AvgIpc) is 2.40. The summed E-state index contributed by atoms with van der Waals surface area (Å²) in [5, 5.41) is 7.31. The van der Waals surface area contributed by atoms with Gasteiger partial charge in [0.2, 0.25) is 0 Å². The van der Waals surface area contributed by atoms with Crippen LogP contribution in [0.3, 0.4) is 0 Å². The van der Waals surface area contributed by atoms with E-state index in [1.165, 1.54) is 11.8 Å². The van der Waals surface area contributed by atoms with Crippen LogP contribution in [-0.4, -0.2) is 16.2 Å². The third kappa shape index (κ3) is 1.20. The van der Waals surface area contributed by atoms with Gasteiger partial charge in [-0.3, -0.25) is 10.2 Å². The van der Waals surface area contributed by atoms with Gasteiger partial charge in [-0.1, -0.05) is 32.5 Å². The van der Waals surface area contributed by atoms with Gasteiger partial charge in [0.05, 0.1) is 5.25 Å². The van der Waals surface area contributed by atoms with E-state index in [4.69, 9.17) is 11.1 Å². The normalized spacial score (nSPS) is 42.2. The first-order valence-corrected chi connectivity index (χ1v) is 6.23. The van der Waals surface area contributed by atoms with Gasteiger partial charge in [-0.05, 0) is 24.2 Å². The van der Waals surface area contributed by atoms with E-state index in [1.807, 2.05) is 0 Å². The standard InChI is InChI=1S/C11H18N2OS/c1-10(2)6-4-5-11(10,3)8(14)7(6)15-9(12)13/h6-7H,4-5H2,1-3H3,(H3,12,13). The summed E-state index contributed by atoms with van der Waals surface area (Å²) in [5.74, 6) is 0.702. The molecule has 3 atom stereocenters. The molecule has 0 aromatic carbocycles. The Balaban J connectivity index is 2.34. The first-order chi connectivity index (χ1) is 6.80. The molecule has 0 radical (unpaired) electrons. The molecule has 2 rings (SSSR count). The van der Waals surface area contributed by atoms with Gasteiger partial charge in [0, 0.05) is 5.41 Å². The molecule has 2 aliphatic rings. The van der Waals surface area contributed by atoms with E-state index in [2.05, 4.69) is 20.8 Å². The molecule has 0 aromatic heterocycles. The first-order valence-electron chi connectivity index (χ1n) is 5.36. The number of nitrogens with one attached hydrogen (secondary N) is 1. The van der Waals surface area contributed by atoms with Crippen LogP contribution in [0.25, 0.3) is 0 Å². The number of carbonyl (C=O) groups is 1. The Bertz CT molecular complexity index is 339. The number of hydrogen-bond acceptors (Lipinski definition) is 3. The molecule has 3 unspecified atom stereocenters. The summed E-state index contributed by atoms with van der Waals surface area (Å²) in [7, 11) is 0. The first kappa shape index (κ1) is 11.0. The van der Waals surface area contributed by atoms with Crippen LogP contribution >= 0.6 is 11.8 Å². The van der Waals surface area contributed by atoms with E-state index >= 15 is 0 Å². The molecule has 0 spiro atoms. The van der Waals surface area contributed by atoms with Gasteiger partial charge in [0.15, 0.2) is 11.0 Å². The van der Waals surface area contributed by atoms with Gasteiger partial charge in [-0.2, -0.15) is 0 Å². The lowest BCUT2D eigenvalue weighted by molar-refractivity contribution is -0.127. The Morgan fingerprint density at radius 1 is 1.53 bits per heavy atom. The largest absolute Gasteiger partial charge is 0.379 e. The van der Waals surface area contributed by atoms with E-state index in [0.717, 1.165) is 12.8 Å². The number of Topliss-reactive ketones (excluding diaryl/α,β-unsaturated/α-hetero) is 1. The summed E-state index contributed by atoms with van der Waals surface area (Å²) in [6, 6.07) is 0. The highest BCUT2D eigenvalue weighted by Gasteiger charge is 2.66. The van der Waals surface area contributed by atoms with Crippen molar-refractivity contribution in [3.05, 3.63) is 0 Å². The fourth-order valence-electron chi connectivity index (χ4n) is 3.28. The summed E-state index contributed by atoms with van der Waals surface area (Å²) in [5.41, 5.74) is 5.27.